The van der Waals surface area contributed by atoms with Crippen molar-refractivity contribution < 1.29 is 44.4 Å². The Balaban J connectivity index is 0.000000385. The van der Waals surface area contributed by atoms with E-state index in [0.29, 0.717) is 0 Å². The van der Waals surface area contributed by atoms with E-state index in [-0.39, 0.29) is 13.2 Å². The molecule has 1 aliphatic heterocycles. The van der Waals surface area contributed by atoms with Gasteiger partial charge in [-0.3, -0.25) is 0 Å². The molecule has 0 unspecified atom stereocenters. The van der Waals surface area contributed by atoms with Crippen molar-refractivity contribution in [3.8, 4) is 0 Å². The maximum atomic E-state index is 9.11. The van der Waals surface area contributed by atoms with Gasteiger partial charge in [-0.15, -0.1) is 0 Å². The molecular weight excluding hydrogens is 247 g/mol. The van der Waals surface area contributed by atoms with Crippen LogP contribution in [0.3, 0.4) is 0 Å². The van der Waals surface area contributed by atoms with Gasteiger partial charge in [-0.05, 0) is 0 Å². The van der Waals surface area contributed by atoms with Crippen molar-refractivity contribution in [3.63, 3.8) is 0 Å². The quantitative estimate of drug-likeness (QED) is 0.237. The maximum Gasteiger partial charge on any atom is 0.466 e. The molecule has 16 heavy (non-hydrogen) atoms. The van der Waals surface area contributed by atoms with Crippen molar-refractivity contribution >= 4 is 7.82 Å². The molecule has 0 amide bonds. The monoisotopic (exact) mass is 262 g/mol. The lowest BCUT2D eigenvalue weighted by molar-refractivity contribution is -0.195. The molecule has 1 saturated heterocycles. The molecule has 0 aromatic carbocycles. The van der Waals surface area contributed by atoms with Crippen molar-refractivity contribution in [2.75, 3.05) is 13.2 Å². The van der Waals surface area contributed by atoms with Crippen molar-refractivity contribution in [2.24, 2.45) is 0 Å². The fraction of sp³-hybridized carbons (Fsp3) is 1.00. The van der Waals surface area contributed by atoms with Gasteiger partial charge in [0.15, 0.2) is 0 Å². The number of rotatable bonds is 1. The molecular formula is C6H15O9P. The summed E-state index contributed by atoms with van der Waals surface area (Å²) in [6.07, 6.45) is -4.27. The molecule has 0 aromatic heterocycles. The third-order valence-electron chi connectivity index (χ3n) is 1.79. The summed E-state index contributed by atoms with van der Waals surface area (Å²) in [6.45, 7) is -0.408. The summed E-state index contributed by atoms with van der Waals surface area (Å²) in [5.41, 5.74) is 0. The smallest absolute Gasteiger partial charge is 0.394 e. The molecule has 0 aromatic rings. The molecule has 0 saturated carbocycles. The van der Waals surface area contributed by atoms with Gasteiger partial charge < -0.3 is 39.8 Å². The van der Waals surface area contributed by atoms with Crippen molar-refractivity contribution in [3.05, 3.63) is 0 Å². The Morgan fingerprint density at radius 2 is 1.56 bits per heavy atom. The van der Waals surface area contributed by atoms with Crippen LogP contribution in [0.5, 0.6) is 0 Å². The number of hydrogen-bond donors (Lipinski definition) is 7. The molecule has 4 atom stereocenters. The lowest BCUT2D eigenvalue weighted by Gasteiger charge is -2.34. The van der Waals surface area contributed by atoms with Crippen molar-refractivity contribution in [1.29, 1.82) is 0 Å². The Bertz CT molecular complexity index is 230. The van der Waals surface area contributed by atoms with Gasteiger partial charge in [-0.2, -0.15) is 0 Å². The first-order valence-corrected chi connectivity index (χ1v) is 5.78. The lowest BCUT2D eigenvalue weighted by Crippen LogP contribution is -2.53. The Hall–Kier alpha value is -0.0900. The van der Waals surface area contributed by atoms with E-state index in [0.717, 1.165) is 0 Å². The highest BCUT2D eigenvalue weighted by Gasteiger charge is 2.36. The van der Waals surface area contributed by atoms with Crippen LogP contribution in [0.25, 0.3) is 0 Å². The maximum absolute atomic E-state index is 9.11. The fourth-order valence-electron chi connectivity index (χ4n) is 1.03. The van der Waals surface area contributed by atoms with Crippen LogP contribution >= 0.6 is 7.82 Å². The average Bonchev–Trinajstić information content (AvgIpc) is 2.12. The van der Waals surface area contributed by atoms with Crippen LogP contribution in [0.2, 0.25) is 0 Å². The largest absolute Gasteiger partial charge is 0.466 e. The minimum absolute atomic E-state index is 0.0521. The van der Waals surface area contributed by atoms with Crippen molar-refractivity contribution in [1.82, 2.24) is 0 Å². The zero-order valence-electron chi connectivity index (χ0n) is 8.12. The number of aliphatic hydroxyl groups is 4. The standard InChI is InChI=1S/C6H12O5.H3O4P/c7-1-4-6(10)5(9)3(8)2-11-4;1-5(2,3)4/h3-10H,1-2H2;(H3,1,2,3,4)/t3-,4+,5+,6-;/m0./s1. The minimum atomic E-state index is -4.64. The van der Waals surface area contributed by atoms with Crippen LogP contribution in [0, 0.1) is 0 Å². The molecule has 10 heteroatoms. The van der Waals surface area contributed by atoms with Crippen molar-refractivity contribution in [2.45, 2.75) is 24.4 Å². The summed E-state index contributed by atoms with van der Waals surface area (Å²) in [6, 6.07) is 0. The molecule has 1 rings (SSSR count). The van der Waals surface area contributed by atoms with E-state index in [4.69, 9.17) is 44.4 Å². The van der Waals surface area contributed by atoms with Gasteiger partial charge in [0.1, 0.15) is 24.4 Å². The second-order valence-electron chi connectivity index (χ2n) is 3.12. The van der Waals surface area contributed by atoms with Gasteiger partial charge in [0, 0.05) is 0 Å². The molecule has 1 aliphatic rings. The van der Waals surface area contributed by atoms with Crippen LogP contribution in [0.4, 0.5) is 0 Å². The van der Waals surface area contributed by atoms with Crippen LogP contribution in [-0.2, 0) is 9.30 Å². The SMILES string of the molecule is O=P(O)(O)O.OC[C@H]1OC[C@H](O)[C@@H](O)[C@H]1O. The minimum Gasteiger partial charge on any atom is -0.394 e. The van der Waals surface area contributed by atoms with E-state index in [2.05, 4.69) is 0 Å². The Morgan fingerprint density at radius 1 is 1.12 bits per heavy atom. The van der Waals surface area contributed by atoms with E-state index < -0.39 is 32.2 Å². The van der Waals surface area contributed by atoms with Crippen LogP contribution < -0.4 is 0 Å². The first-order valence-electron chi connectivity index (χ1n) is 4.21. The highest BCUT2D eigenvalue weighted by Crippen LogP contribution is 2.25. The Morgan fingerprint density at radius 3 is 1.94 bits per heavy atom. The van der Waals surface area contributed by atoms with Gasteiger partial charge in [-0.1, -0.05) is 0 Å². The lowest BCUT2D eigenvalue weighted by atomic mass is 10.0. The number of aliphatic hydroxyl groups excluding tert-OH is 4. The second-order valence-corrected chi connectivity index (χ2v) is 4.14. The van der Waals surface area contributed by atoms with E-state index in [1.807, 2.05) is 0 Å². The highest BCUT2D eigenvalue weighted by atomic mass is 31.2. The summed E-state index contributed by atoms with van der Waals surface area (Å²) in [7, 11) is -4.64. The zero-order valence-corrected chi connectivity index (χ0v) is 9.01. The second kappa shape index (κ2) is 6.60. The first-order chi connectivity index (χ1) is 7.16. The van der Waals surface area contributed by atoms with Gasteiger partial charge in [0.2, 0.25) is 0 Å². The number of hydrogen-bond acceptors (Lipinski definition) is 6. The van der Waals surface area contributed by atoms with Gasteiger partial charge in [0.25, 0.3) is 0 Å². The molecule has 7 N–H and O–H groups in total. The third-order valence-corrected chi connectivity index (χ3v) is 1.79. The molecule has 9 nitrogen and oxygen atoms in total. The van der Waals surface area contributed by atoms with Gasteiger partial charge in [-0.25, -0.2) is 4.57 Å². The average molecular weight is 262 g/mol. The zero-order chi connectivity index (χ0) is 12.9. The summed E-state index contributed by atoms with van der Waals surface area (Å²) < 4.78 is 13.7. The Labute approximate surface area is 90.8 Å². The van der Waals surface area contributed by atoms with Crippen LogP contribution in [0.15, 0.2) is 0 Å². The summed E-state index contributed by atoms with van der Waals surface area (Å²) in [4.78, 5) is 21.6. The highest BCUT2D eigenvalue weighted by molar-refractivity contribution is 7.45. The van der Waals surface area contributed by atoms with E-state index in [1.54, 1.807) is 0 Å². The van der Waals surface area contributed by atoms with Gasteiger partial charge in [0.05, 0.1) is 13.2 Å². The normalized spacial score (nSPS) is 35.2. The molecule has 1 fully saturated rings. The molecule has 0 spiro atoms. The number of phosphoric acid groups is 1. The molecule has 1 heterocycles. The summed E-state index contributed by atoms with van der Waals surface area (Å²) >= 11 is 0. The first kappa shape index (κ1) is 15.9. The van der Waals surface area contributed by atoms with E-state index in [9.17, 15) is 0 Å². The van der Waals surface area contributed by atoms with E-state index in [1.165, 1.54) is 0 Å². The molecule has 0 bridgehead atoms. The predicted molar refractivity (Wildman–Crippen MR) is 49.1 cm³/mol. The summed E-state index contributed by atoms with van der Waals surface area (Å²) in [5.74, 6) is 0. The third kappa shape index (κ3) is 6.48. The topological polar surface area (TPSA) is 168 Å². The van der Waals surface area contributed by atoms with Crippen LogP contribution in [0.1, 0.15) is 0 Å². The molecule has 0 radical (unpaired) electrons. The Kier molecular flexibility index (Phi) is 6.56. The summed E-state index contributed by atoms with van der Waals surface area (Å²) in [5, 5.41) is 35.7. The van der Waals surface area contributed by atoms with Gasteiger partial charge >= 0.3 is 7.82 Å². The predicted octanol–water partition coefficient (Wildman–Crippen LogP) is -3.47. The van der Waals surface area contributed by atoms with Crippen LogP contribution in [-0.4, -0.2) is 72.7 Å². The molecule has 98 valence electrons. The number of ether oxygens (including phenoxy) is 1. The fourth-order valence-corrected chi connectivity index (χ4v) is 1.03. The molecule has 0 aliphatic carbocycles. The van der Waals surface area contributed by atoms with E-state index >= 15 is 0 Å².